The summed E-state index contributed by atoms with van der Waals surface area (Å²) in [6.45, 7) is 3.46. The highest BCUT2D eigenvalue weighted by atomic mass is 16.5. The Morgan fingerprint density at radius 1 is 1.47 bits per heavy atom. The van der Waals surface area contributed by atoms with Gasteiger partial charge < -0.3 is 10.1 Å². The Kier molecular flexibility index (Phi) is 4.48. The van der Waals surface area contributed by atoms with Gasteiger partial charge in [-0.25, -0.2) is 4.98 Å². The van der Waals surface area contributed by atoms with Gasteiger partial charge in [0, 0.05) is 31.5 Å². The summed E-state index contributed by atoms with van der Waals surface area (Å²) in [6.07, 6.45) is 3.91. The van der Waals surface area contributed by atoms with E-state index < -0.39 is 0 Å². The van der Waals surface area contributed by atoms with Gasteiger partial charge >= 0.3 is 0 Å². The van der Waals surface area contributed by atoms with Crippen LogP contribution in [-0.4, -0.2) is 24.7 Å². The van der Waals surface area contributed by atoms with Crippen LogP contribution >= 0.6 is 0 Å². The third-order valence-electron chi connectivity index (χ3n) is 3.09. The molecular weight excluding hydrogens is 214 g/mol. The first-order valence-electron chi connectivity index (χ1n) is 6.02. The maximum absolute atomic E-state index is 8.91. The van der Waals surface area contributed by atoms with Crippen LogP contribution in [0.2, 0.25) is 0 Å². The molecule has 2 rings (SSSR count). The van der Waals surface area contributed by atoms with Gasteiger partial charge in [0.15, 0.2) is 0 Å². The zero-order valence-electron chi connectivity index (χ0n) is 9.85. The van der Waals surface area contributed by atoms with Crippen LogP contribution in [0, 0.1) is 17.2 Å². The minimum absolute atomic E-state index is 0.520. The summed E-state index contributed by atoms with van der Waals surface area (Å²) in [7, 11) is 0. The van der Waals surface area contributed by atoms with Crippen LogP contribution < -0.4 is 5.32 Å². The fourth-order valence-corrected chi connectivity index (χ4v) is 2.04. The van der Waals surface area contributed by atoms with E-state index in [1.165, 1.54) is 0 Å². The Labute approximate surface area is 102 Å². The molecule has 0 amide bonds. The van der Waals surface area contributed by atoms with Crippen LogP contribution in [0.1, 0.15) is 24.1 Å². The molecule has 2 heterocycles. The quantitative estimate of drug-likeness (QED) is 0.852. The average molecular weight is 231 g/mol. The molecule has 1 N–H and O–H groups in total. The van der Waals surface area contributed by atoms with Gasteiger partial charge in [-0.2, -0.15) is 5.26 Å². The summed E-state index contributed by atoms with van der Waals surface area (Å²) in [4.78, 5) is 4.04. The predicted octanol–water partition coefficient (Wildman–Crippen LogP) is 1.47. The molecule has 0 atom stereocenters. The van der Waals surface area contributed by atoms with Crippen LogP contribution in [0.5, 0.6) is 0 Å². The molecule has 0 radical (unpaired) electrons. The number of hydrogen-bond acceptors (Lipinski definition) is 4. The molecule has 1 saturated heterocycles. The fourth-order valence-electron chi connectivity index (χ4n) is 2.04. The second kappa shape index (κ2) is 6.33. The number of hydrogen-bond donors (Lipinski definition) is 1. The van der Waals surface area contributed by atoms with Crippen molar-refractivity contribution < 1.29 is 4.74 Å². The third-order valence-corrected chi connectivity index (χ3v) is 3.09. The maximum Gasteiger partial charge on any atom is 0.144 e. The summed E-state index contributed by atoms with van der Waals surface area (Å²) < 4.78 is 5.32. The van der Waals surface area contributed by atoms with Crippen LogP contribution in [0.15, 0.2) is 18.3 Å². The maximum atomic E-state index is 8.91. The Hall–Kier alpha value is -1.44. The van der Waals surface area contributed by atoms with Crippen molar-refractivity contribution in [3.8, 4) is 6.07 Å². The van der Waals surface area contributed by atoms with Gasteiger partial charge in [-0.1, -0.05) is 6.07 Å². The lowest BCUT2D eigenvalue weighted by atomic mass is 10.0. The molecule has 0 bridgehead atoms. The zero-order chi connectivity index (χ0) is 11.9. The number of aromatic nitrogens is 1. The van der Waals surface area contributed by atoms with E-state index in [1.807, 2.05) is 12.1 Å². The minimum Gasteiger partial charge on any atom is -0.381 e. The first-order chi connectivity index (χ1) is 8.40. The van der Waals surface area contributed by atoms with Crippen LogP contribution in [-0.2, 0) is 11.3 Å². The number of nitrogens with zero attached hydrogens (tertiary/aromatic N) is 2. The smallest absolute Gasteiger partial charge is 0.144 e. The second-order valence-corrected chi connectivity index (χ2v) is 4.31. The molecule has 0 unspecified atom stereocenters. The fraction of sp³-hybridized carbons (Fsp3) is 0.538. The molecule has 4 heteroatoms. The molecule has 1 aromatic heterocycles. The van der Waals surface area contributed by atoms with Gasteiger partial charge in [0.25, 0.3) is 0 Å². The van der Waals surface area contributed by atoms with Crippen molar-refractivity contribution >= 4 is 0 Å². The molecule has 0 spiro atoms. The Bertz CT molecular complexity index is 394. The van der Waals surface area contributed by atoms with Crippen molar-refractivity contribution in [1.29, 1.82) is 5.26 Å². The number of nitriles is 1. The van der Waals surface area contributed by atoms with E-state index in [1.54, 1.807) is 6.20 Å². The van der Waals surface area contributed by atoms with Gasteiger partial charge in [0.1, 0.15) is 11.8 Å². The lowest BCUT2D eigenvalue weighted by molar-refractivity contribution is 0.0662. The highest BCUT2D eigenvalue weighted by molar-refractivity contribution is 5.30. The van der Waals surface area contributed by atoms with Crippen molar-refractivity contribution in [1.82, 2.24) is 10.3 Å². The van der Waals surface area contributed by atoms with E-state index in [9.17, 15) is 0 Å². The first kappa shape index (κ1) is 12.0. The summed E-state index contributed by atoms with van der Waals surface area (Å²) in [5.41, 5.74) is 1.49. The molecular formula is C13H17N3O. The van der Waals surface area contributed by atoms with Crippen molar-refractivity contribution in [2.75, 3.05) is 19.8 Å². The van der Waals surface area contributed by atoms with E-state index in [-0.39, 0.29) is 0 Å². The number of ether oxygens (including phenoxy) is 1. The highest BCUT2D eigenvalue weighted by Gasteiger charge is 2.13. The largest absolute Gasteiger partial charge is 0.381 e. The SMILES string of the molecule is N#Cc1ncccc1CNCC1CCOCC1. The molecule has 1 aromatic rings. The van der Waals surface area contributed by atoms with Crippen molar-refractivity contribution in [3.05, 3.63) is 29.6 Å². The molecule has 0 aromatic carbocycles. The standard InChI is InChI=1S/C13H17N3O/c14-8-13-12(2-1-5-16-13)10-15-9-11-3-6-17-7-4-11/h1-2,5,11,15H,3-4,6-7,9-10H2. The summed E-state index contributed by atoms with van der Waals surface area (Å²) in [5.74, 6) is 0.700. The molecule has 90 valence electrons. The predicted molar refractivity (Wildman–Crippen MR) is 64.2 cm³/mol. The van der Waals surface area contributed by atoms with Crippen molar-refractivity contribution in [2.45, 2.75) is 19.4 Å². The van der Waals surface area contributed by atoms with E-state index in [0.29, 0.717) is 18.2 Å². The van der Waals surface area contributed by atoms with Crippen molar-refractivity contribution in [3.63, 3.8) is 0 Å². The first-order valence-corrected chi connectivity index (χ1v) is 6.02. The van der Waals surface area contributed by atoms with Gasteiger partial charge in [-0.15, -0.1) is 0 Å². The lowest BCUT2D eigenvalue weighted by Crippen LogP contribution is -2.27. The molecule has 0 aliphatic carbocycles. The van der Waals surface area contributed by atoms with Crippen LogP contribution in [0.4, 0.5) is 0 Å². The summed E-state index contributed by atoms with van der Waals surface area (Å²) >= 11 is 0. The van der Waals surface area contributed by atoms with Gasteiger partial charge in [-0.05, 0) is 31.4 Å². The Balaban J connectivity index is 1.79. The normalized spacial score (nSPS) is 16.6. The second-order valence-electron chi connectivity index (χ2n) is 4.31. The third kappa shape index (κ3) is 3.52. The van der Waals surface area contributed by atoms with E-state index in [2.05, 4.69) is 16.4 Å². The molecule has 4 nitrogen and oxygen atoms in total. The lowest BCUT2D eigenvalue weighted by Gasteiger charge is -2.22. The molecule has 1 aliphatic heterocycles. The number of rotatable bonds is 4. The van der Waals surface area contributed by atoms with Crippen LogP contribution in [0.3, 0.4) is 0 Å². The average Bonchev–Trinajstić information content (AvgIpc) is 2.40. The Morgan fingerprint density at radius 3 is 3.06 bits per heavy atom. The zero-order valence-corrected chi connectivity index (χ0v) is 9.85. The van der Waals surface area contributed by atoms with E-state index in [4.69, 9.17) is 10.00 Å². The van der Waals surface area contributed by atoms with Crippen LogP contribution in [0.25, 0.3) is 0 Å². The molecule has 17 heavy (non-hydrogen) atoms. The van der Waals surface area contributed by atoms with E-state index >= 15 is 0 Å². The minimum atomic E-state index is 0.520. The molecule has 0 saturated carbocycles. The van der Waals surface area contributed by atoms with Gasteiger partial charge in [0.05, 0.1) is 0 Å². The van der Waals surface area contributed by atoms with E-state index in [0.717, 1.165) is 38.2 Å². The van der Waals surface area contributed by atoms with Gasteiger partial charge in [-0.3, -0.25) is 0 Å². The summed E-state index contributed by atoms with van der Waals surface area (Å²) in [5, 5.41) is 12.3. The van der Waals surface area contributed by atoms with Crippen molar-refractivity contribution in [2.24, 2.45) is 5.92 Å². The summed E-state index contributed by atoms with van der Waals surface area (Å²) in [6, 6.07) is 5.93. The molecule has 1 fully saturated rings. The number of pyridine rings is 1. The van der Waals surface area contributed by atoms with Gasteiger partial charge in [0.2, 0.25) is 0 Å². The highest BCUT2D eigenvalue weighted by Crippen LogP contribution is 2.13. The molecule has 1 aliphatic rings. The number of nitrogens with one attached hydrogen (secondary N) is 1. The topological polar surface area (TPSA) is 57.9 Å². The Morgan fingerprint density at radius 2 is 2.29 bits per heavy atom. The monoisotopic (exact) mass is 231 g/mol.